The van der Waals surface area contributed by atoms with E-state index in [1.807, 2.05) is 0 Å². The summed E-state index contributed by atoms with van der Waals surface area (Å²) in [6.45, 7) is 0.585. The molecule has 7 nitrogen and oxygen atoms in total. The fraction of sp³-hybridized carbons (Fsp3) is 0.300. The zero-order valence-electron chi connectivity index (χ0n) is 15.5. The average molecular weight is 381 g/mol. The number of hydrogen-bond acceptors (Lipinski definition) is 4. The second-order valence-corrected chi connectivity index (χ2v) is 6.83. The van der Waals surface area contributed by atoms with Crippen LogP contribution in [0.3, 0.4) is 0 Å². The second kappa shape index (κ2) is 7.38. The zero-order chi connectivity index (χ0) is 19.7. The molecule has 1 amide bonds. The molecule has 1 aromatic carbocycles. The van der Waals surface area contributed by atoms with E-state index in [9.17, 15) is 14.0 Å². The predicted octanol–water partition coefficient (Wildman–Crippen LogP) is 1.70. The van der Waals surface area contributed by atoms with Gasteiger partial charge in [-0.25, -0.2) is 9.07 Å². The number of halogens is 1. The fourth-order valence-corrected chi connectivity index (χ4v) is 3.41. The molecule has 0 bridgehead atoms. The van der Waals surface area contributed by atoms with Gasteiger partial charge in [0, 0.05) is 25.2 Å². The lowest BCUT2D eigenvalue weighted by molar-refractivity contribution is 0.0942. The molecule has 8 heteroatoms. The van der Waals surface area contributed by atoms with Crippen molar-refractivity contribution in [3.63, 3.8) is 0 Å². The molecular weight excluding hydrogens is 361 g/mol. The molecule has 3 aromatic rings. The van der Waals surface area contributed by atoms with Gasteiger partial charge in [-0.2, -0.15) is 10.2 Å². The van der Waals surface area contributed by atoms with E-state index < -0.39 is 0 Å². The highest BCUT2D eigenvalue weighted by atomic mass is 19.1. The van der Waals surface area contributed by atoms with E-state index in [2.05, 4.69) is 15.5 Å². The molecular formula is C20H20FN5O2. The summed E-state index contributed by atoms with van der Waals surface area (Å²) < 4.78 is 16.0. The van der Waals surface area contributed by atoms with Gasteiger partial charge >= 0.3 is 0 Å². The first-order valence-corrected chi connectivity index (χ1v) is 9.19. The third-order valence-electron chi connectivity index (χ3n) is 4.89. The molecule has 0 fully saturated rings. The van der Waals surface area contributed by atoms with Crippen molar-refractivity contribution >= 4 is 5.91 Å². The number of benzene rings is 1. The van der Waals surface area contributed by atoms with Crippen molar-refractivity contribution in [1.82, 2.24) is 24.9 Å². The fourth-order valence-electron chi connectivity index (χ4n) is 3.41. The summed E-state index contributed by atoms with van der Waals surface area (Å²) in [5.74, 6) is -0.620. The van der Waals surface area contributed by atoms with Crippen LogP contribution in [0.15, 0.2) is 41.2 Å². The van der Waals surface area contributed by atoms with Crippen LogP contribution < -0.4 is 10.9 Å². The van der Waals surface area contributed by atoms with Crippen LogP contribution >= 0.6 is 0 Å². The predicted molar refractivity (Wildman–Crippen MR) is 101 cm³/mol. The Balaban J connectivity index is 1.42. The molecule has 0 saturated heterocycles. The van der Waals surface area contributed by atoms with E-state index >= 15 is 0 Å². The van der Waals surface area contributed by atoms with E-state index in [0.29, 0.717) is 17.9 Å². The Labute approximate surface area is 160 Å². The summed E-state index contributed by atoms with van der Waals surface area (Å²) in [4.78, 5) is 24.6. The van der Waals surface area contributed by atoms with Crippen LogP contribution in [0.1, 0.15) is 28.2 Å². The van der Waals surface area contributed by atoms with Crippen LogP contribution in [0.4, 0.5) is 4.39 Å². The largest absolute Gasteiger partial charge is 0.349 e. The Bertz CT molecular complexity index is 1080. The Hall–Kier alpha value is -3.29. The van der Waals surface area contributed by atoms with Crippen molar-refractivity contribution in [2.45, 2.75) is 25.8 Å². The van der Waals surface area contributed by atoms with Gasteiger partial charge in [0.05, 0.1) is 17.9 Å². The van der Waals surface area contributed by atoms with Crippen LogP contribution in [0, 0.1) is 5.82 Å². The van der Waals surface area contributed by atoms with E-state index in [1.54, 1.807) is 31.3 Å². The number of aromatic nitrogens is 4. The lowest BCUT2D eigenvalue weighted by atomic mass is 10.1. The maximum Gasteiger partial charge on any atom is 0.269 e. The van der Waals surface area contributed by atoms with Gasteiger partial charge in [0.1, 0.15) is 11.5 Å². The first-order chi connectivity index (χ1) is 13.5. The minimum atomic E-state index is -0.326. The highest BCUT2D eigenvalue weighted by molar-refractivity contribution is 5.93. The van der Waals surface area contributed by atoms with Crippen molar-refractivity contribution in [2.24, 2.45) is 7.05 Å². The third kappa shape index (κ3) is 3.58. The van der Waals surface area contributed by atoms with Gasteiger partial charge in [0.25, 0.3) is 11.5 Å². The van der Waals surface area contributed by atoms with Gasteiger partial charge in [-0.1, -0.05) is 0 Å². The molecule has 0 aliphatic heterocycles. The van der Waals surface area contributed by atoms with Gasteiger partial charge in [0.15, 0.2) is 0 Å². The lowest BCUT2D eigenvalue weighted by Crippen LogP contribution is -2.33. The average Bonchev–Trinajstić information content (AvgIpc) is 3.28. The number of fused-ring (bicyclic) bond motifs is 1. The Kier molecular flexibility index (Phi) is 4.77. The minimum absolute atomic E-state index is 0.144. The Morgan fingerprint density at radius 2 is 1.96 bits per heavy atom. The first kappa shape index (κ1) is 18.1. The summed E-state index contributed by atoms with van der Waals surface area (Å²) in [6, 6.07) is 9.24. The number of nitrogens with zero attached hydrogens (tertiary/aromatic N) is 4. The molecule has 1 aliphatic rings. The number of aryl methyl sites for hydroxylation is 3. The molecule has 28 heavy (non-hydrogen) atoms. The lowest BCUT2D eigenvalue weighted by Gasteiger charge is -2.08. The molecule has 0 atom stereocenters. The topological polar surface area (TPSA) is 81.8 Å². The summed E-state index contributed by atoms with van der Waals surface area (Å²) in [7, 11) is 1.68. The van der Waals surface area contributed by atoms with Gasteiger partial charge in [-0.15, -0.1) is 0 Å². The maximum absolute atomic E-state index is 13.1. The zero-order valence-corrected chi connectivity index (χ0v) is 15.5. The van der Waals surface area contributed by atoms with Crippen molar-refractivity contribution in [1.29, 1.82) is 0 Å². The van der Waals surface area contributed by atoms with E-state index in [1.165, 1.54) is 21.5 Å². The van der Waals surface area contributed by atoms with Crippen molar-refractivity contribution in [2.75, 3.05) is 6.54 Å². The number of carbonyl (C=O) groups excluding carboxylic acids is 1. The molecule has 2 heterocycles. The minimum Gasteiger partial charge on any atom is -0.349 e. The first-order valence-electron chi connectivity index (χ1n) is 9.19. The van der Waals surface area contributed by atoms with Crippen molar-refractivity contribution in [3.05, 3.63) is 69.5 Å². The van der Waals surface area contributed by atoms with Crippen molar-refractivity contribution in [3.8, 4) is 11.3 Å². The number of carbonyl (C=O) groups is 1. The molecule has 144 valence electrons. The molecule has 0 spiro atoms. The Morgan fingerprint density at radius 1 is 1.18 bits per heavy atom. The van der Waals surface area contributed by atoms with Crippen LogP contribution in [0.25, 0.3) is 11.3 Å². The van der Waals surface area contributed by atoms with Crippen LogP contribution in [0.2, 0.25) is 0 Å². The van der Waals surface area contributed by atoms with Gasteiger partial charge in [-0.05, 0) is 55.2 Å². The monoisotopic (exact) mass is 381 g/mol. The number of amides is 1. The molecule has 2 aromatic heterocycles. The van der Waals surface area contributed by atoms with Crippen molar-refractivity contribution < 1.29 is 9.18 Å². The quantitative estimate of drug-likeness (QED) is 0.729. The second-order valence-electron chi connectivity index (χ2n) is 6.83. The SMILES string of the molecule is Cn1nc(-c2ccc(F)cc2)cc1C(=O)NCCn1nc2c(cc1=O)CCC2. The van der Waals surface area contributed by atoms with Gasteiger partial charge in [-0.3, -0.25) is 14.3 Å². The van der Waals surface area contributed by atoms with Crippen LogP contribution in [-0.2, 0) is 26.4 Å². The van der Waals surface area contributed by atoms with E-state index in [-0.39, 0.29) is 23.8 Å². The smallest absolute Gasteiger partial charge is 0.269 e. The van der Waals surface area contributed by atoms with Gasteiger partial charge < -0.3 is 5.32 Å². The standard InChI is InChI=1S/C20H20FN5O2/c1-25-18(12-17(23-25)13-5-7-15(21)8-6-13)20(28)22-9-10-26-19(27)11-14-3-2-4-16(14)24-26/h5-8,11-12H,2-4,9-10H2,1H3,(H,22,28). The summed E-state index contributed by atoms with van der Waals surface area (Å²) >= 11 is 0. The summed E-state index contributed by atoms with van der Waals surface area (Å²) in [6.07, 6.45) is 2.83. The number of rotatable bonds is 5. The molecule has 0 unspecified atom stereocenters. The normalized spacial score (nSPS) is 12.8. The molecule has 4 rings (SSSR count). The molecule has 0 saturated carbocycles. The van der Waals surface area contributed by atoms with Crippen LogP contribution in [-0.4, -0.2) is 32.0 Å². The highest BCUT2D eigenvalue weighted by Crippen LogP contribution is 2.19. The highest BCUT2D eigenvalue weighted by Gasteiger charge is 2.16. The third-order valence-corrected chi connectivity index (χ3v) is 4.89. The van der Waals surface area contributed by atoms with Crippen LogP contribution in [0.5, 0.6) is 0 Å². The number of nitrogens with one attached hydrogen (secondary N) is 1. The number of hydrogen-bond donors (Lipinski definition) is 1. The Morgan fingerprint density at radius 3 is 2.75 bits per heavy atom. The van der Waals surface area contributed by atoms with E-state index in [4.69, 9.17) is 0 Å². The molecule has 0 radical (unpaired) electrons. The molecule has 1 N–H and O–H groups in total. The van der Waals surface area contributed by atoms with E-state index in [0.717, 1.165) is 36.1 Å². The van der Waals surface area contributed by atoms with Gasteiger partial charge in [0.2, 0.25) is 0 Å². The summed E-state index contributed by atoms with van der Waals surface area (Å²) in [5.41, 5.74) is 3.56. The maximum atomic E-state index is 13.1. The summed E-state index contributed by atoms with van der Waals surface area (Å²) in [5, 5.41) is 11.5. The molecule has 1 aliphatic carbocycles.